The summed E-state index contributed by atoms with van der Waals surface area (Å²) in [6, 6.07) is 0.784. The molecular formula is C10H16N2. The number of hydrogen-bond acceptors (Lipinski definition) is 2. The number of nitrogens with one attached hydrogen (secondary N) is 2. The molecule has 0 aromatic carbocycles. The minimum atomic E-state index is 0.430. The Morgan fingerprint density at radius 1 is 1.17 bits per heavy atom. The average Bonchev–Trinajstić information content (AvgIpc) is 2.11. The lowest BCUT2D eigenvalue weighted by molar-refractivity contribution is 0.0412. The van der Waals surface area contributed by atoms with E-state index in [4.69, 9.17) is 0 Å². The van der Waals surface area contributed by atoms with Crippen LogP contribution in [-0.2, 0) is 0 Å². The van der Waals surface area contributed by atoms with Crippen LogP contribution in [0.25, 0.3) is 0 Å². The normalized spacial score (nSPS) is 81.8. The van der Waals surface area contributed by atoms with Crippen LogP contribution in [0.3, 0.4) is 0 Å². The zero-order valence-electron chi connectivity index (χ0n) is 7.99. The molecule has 1 heterocycles. The summed E-state index contributed by atoms with van der Waals surface area (Å²) in [5, 5.41) is 0. The van der Waals surface area contributed by atoms with E-state index in [1.807, 2.05) is 0 Å². The fourth-order valence-electron chi connectivity index (χ4n) is 5.92. The minimum Gasteiger partial charge on any atom is -0.254 e. The van der Waals surface area contributed by atoms with Crippen LogP contribution in [0.5, 0.6) is 0 Å². The predicted octanol–water partition coefficient (Wildman–Crippen LogP) is 1.04. The van der Waals surface area contributed by atoms with Crippen LogP contribution in [0.15, 0.2) is 0 Å². The van der Waals surface area contributed by atoms with Gasteiger partial charge in [0.2, 0.25) is 0 Å². The lowest BCUT2D eigenvalue weighted by Crippen LogP contribution is -2.58. The maximum Gasteiger partial charge on any atom is 0.0383 e. The van der Waals surface area contributed by atoms with Crippen LogP contribution in [0.4, 0.5) is 0 Å². The molecule has 0 aromatic heterocycles. The summed E-state index contributed by atoms with van der Waals surface area (Å²) in [6.45, 7) is 7.37. The van der Waals surface area contributed by atoms with E-state index in [1.165, 1.54) is 12.8 Å². The third-order valence-corrected chi connectivity index (χ3v) is 6.13. The molecular weight excluding hydrogens is 148 g/mol. The Morgan fingerprint density at radius 3 is 2.33 bits per heavy atom. The van der Waals surface area contributed by atoms with Gasteiger partial charge in [-0.15, -0.1) is 0 Å². The van der Waals surface area contributed by atoms with Crippen LogP contribution in [0.1, 0.15) is 33.6 Å². The maximum absolute atomic E-state index is 3.51. The smallest absolute Gasteiger partial charge is 0.0383 e. The summed E-state index contributed by atoms with van der Waals surface area (Å²) in [5.74, 6) is 0. The molecule has 0 bridgehead atoms. The largest absolute Gasteiger partial charge is 0.254 e. The SMILES string of the molecule is CC12CC3(C)C4(C)CC(NN1)C243. The van der Waals surface area contributed by atoms with Crippen LogP contribution >= 0.6 is 0 Å². The van der Waals surface area contributed by atoms with Gasteiger partial charge in [0.05, 0.1) is 0 Å². The van der Waals surface area contributed by atoms with Gasteiger partial charge in [-0.1, -0.05) is 13.8 Å². The van der Waals surface area contributed by atoms with Crippen molar-refractivity contribution < 1.29 is 0 Å². The zero-order valence-corrected chi connectivity index (χ0v) is 7.99. The van der Waals surface area contributed by atoms with Crippen molar-refractivity contribution in [1.29, 1.82) is 0 Å². The molecule has 1 spiro atoms. The van der Waals surface area contributed by atoms with Gasteiger partial charge < -0.3 is 0 Å². The Balaban J connectivity index is 1.98. The average molecular weight is 164 g/mol. The Morgan fingerprint density at radius 2 is 1.92 bits per heavy atom. The van der Waals surface area contributed by atoms with Crippen LogP contribution in [0.2, 0.25) is 0 Å². The van der Waals surface area contributed by atoms with Gasteiger partial charge in [0.15, 0.2) is 0 Å². The summed E-state index contributed by atoms with van der Waals surface area (Å²) in [6.07, 6.45) is 2.77. The summed E-state index contributed by atoms with van der Waals surface area (Å²) in [4.78, 5) is 0. The van der Waals surface area contributed by atoms with Crippen LogP contribution < -0.4 is 10.9 Å². The first-order valence-corrected chi connectivity index (χ1v) is 5.05. The first-order chi connectivity index (χ1) is 5.52. The Bertz CT molecular complexity index is 293. The fraction of sp³-hybridized carbons (Fsp3) is 1.00. The van der Waals surface area contributed by atoms with Gasteiger partial charge in [-0.05, 0) is 30.6 Å². The molecule has 1 saturated heterocycles. The highest BCUT2D eigenvalue weighted by Crippen LogP contribution is 3.01. The van der Waals surface area contributed by atoms with Crippen molar-refractivity contribution in [3.05, 3.63) is 0 Å². The lowest BCUT2D eigenvalue weighted by Gasteiger charge is -2.49. The molecule has 4 aliphatic rings. The minimum absolute atomic E-state index is 0.430. The van der Waals surface area contributed by atoms with Gasteiger partial charge in [0.1, 0.15) is 0 Å². The van der Waals surface area contributed by atoms with Crippen molar-refractivity contribution in [3.63, 3.8) is 0 Å². The molecule has 2 nitrogen and oxygen atoms in total. The first-order valence-electron chi connectivity index (χ1n) is 5.05. The molecule has 5 unspecified atom stereocenters. The second-order valence-electron chi connectivity index (χ2n) is 6.01. The molecule has 12 heavy (non-hydrogen) atoms. The molecule has 1 aliphatic heterocycles. The monoisotopic (exact) mass is 164 g/mol. The van der Waals surface area contributed by atoms with Gasteiger partial charge in [-0.25, -0.2) is 0 Å². The van der Waals surface area contributed by atoms with Crippen molar-refractivity contribution in [1.82, 2.24) is 10.9 Å². The van der Waals surface area contributed by atoms with E-state index in [0.717, 1.165) is 6.04 Å². The summed E-state index contributed by atoms with van der Waals surface area (Å²) < 4.78 is 0. The number of rotatable bonds is 0. The van der Waals surface area contributed by atoms with Gasteiger partial charge in [-0.3, -0.25) is 10.9 Å². The first kappa shape index (κ1) is 6.39. The Kier molecular flexibility index (Phi) is 0.598. The Hall–Kier alpha value is -0.0800. The van der Waals surface area contributed by atoms with Crippen molar-refractivity contribution >= 4 is 0 Å². The zero-order chi connectivity index (χ0) is 8.41. The lowest BCUT2D eigenvalue weighted by atomic mass is 9.56. The van der Waals surface area contributed by atoms with Crippen molar-refractivity contribution in [3.8, 4) is 0 Å². The van der Waals surface area contributed by atoms with Gasteiger partial charge in [0.25, 0.3) is 0 Å². The van der Waals surface area contributed by atoms with Crippen molar-refractivity contribution in [2.75, 3.05) is 0 Å². The van der Waals surface area contributed by atoms with E-state index in [2.05, 4.69) is 31.6 Å². The third kappa shape index (κ3) is 0.244. The van der Waals surface area contributed by atoms with Gasteiger partial charge in [0, 0.05) is 17.0 Å². The topological polar surface area (TPSA) is 24.1 Å². The predicted molar refractivity (Wildman–Crippen MR) is 46.3 cm³/mol. The van der Waals surface area contributed by atoms with E-state index in [-0.39, 0.29) is 0 Å². The fourth-order valence-corrected chi connectivity index (χ4v) is 5.92. The molecule has 66 valence electrons. The van der Waals surface area contributed by atoms with Crippen molar-refractivity contribution in [2.24, 2.45) is 16.2 Å². The molecule has 2 N–H and O–H groups in total. The van der Waals surface area contributed by atoms with E-state index in [1.54, 1.807) is 0 Å². The highest BCUT2D eigenvalue weighted by atomic mass is 15.5. The van der Waals surface area contributed by atoms with Gasteiger partial charge in [-0.2, -0.15) is 0 Å². The van der Waals surface area contributed by atoms with E-state index in [0.29, 0.717) is 21.8 Å². The van der Waals surface area contributed by atoms with E-state index >= 15 is 0 Å². The number of fused-ring (bicyclic) bond motifs is 1. The molecule has 3 saturated carbocycles. The molecule has 2 heteroatoms. The summed E-state index contributed by atoms with van der Waals surface area (Å²) >= 11 is 0. The van der Waals surface area contributed by atoms with Crippen LogP contribution in [-0.4, -0.2) is 11.6 Å². The second kappa shape index (κ2) is 1.12. The maximum atomic E-state index is 3.51. The molecule has 4 rings (SSSR count). The van der Waals surface area contributed by atoms with Crippen LogP contribution in [0, 0.1) is 16.2 Å². The van der Waals surface area contributed by atoms with Crippen molar-refractivity contribution in [2.45, 2.75) is 45.2 Å². The Labute approximate surface area is 73.1 Å². The number of hydrazine groups is 1. The molecule has 3 aliphatic carbocycles. The number of hydrogen-bond donors (Lipinski definition) is 2. The second-order valence-corrected chi connectivity index (χ2v) is 6.01. The highest BCUT2D eigenvalue weighted by molar-refractivity contribution is 5.53. The standard InChI is InChI=1S/C10H16N2/c1-7-4-6-10(7)8(7,2)5-9(10,3)12-11-6/h6,11-12H,4-5H2,1-3H3. The quantitative estimate of drug-likeness (QED) is 0.559. The molecule has 0 aromatic rings. The molecule has 4 fully saturated rings. The summed E-state index contributed by atoms with van der Waals surface area (Å²) in [5.41, 5.74) is 9.41. The molecule has 0 amide bonds. The summed E-state index contributed by atoms with van der Waals surface area (Å²) in [7, 11) is 0. The molecule has 5 atom stereocenters. The van der Waals surface area contributed by atoms with E-state index in [9.17, 15) is 0 Å². The highest BCUT2D eigenvalue weighted by Gasteiger charge is 3.03. The molecule has 0 radical (unpaired) electrons. The van der Waals surface area contributed by atoms with Gasteiger partial charge >= 0.3 is 0 Å². The third-order valence-electron chi connectivity index (χ3n) is 6.13. The van der Waals surface area contributed by atoms with E-state index < -0.39 is 0 Å².